The van der Waals surface area contributed by atoms with E-state index in [-0.39, 0.29) is 0 Å². The third-order valence-corrected chi connectivity index (χ3v) is 2.57. The quantitative estimate of drug-likeness (QED) is 0.854. The number of nitrogens with two attached hydrogens (primary N) is 1. The third-order valence-electron chi connectivity index (χ3n) is 2.57. The first-order valence-electron chi connectivity index (χ1n) is 5.37. The van der Waals surface area contributed by atoms with Crippen LogP contribution >= 0.6 is 0 Å². The Morgan fingerprint density at radius 1 is 1.06 bits per heavy atom. The van der Waals surface area contributed by atoms with E-state index in [2.05, 4.69) is 0 Å². The fourth-order valence-electron chi connectivity index (χ4n) is 1.74. The summed E-state index contributed by atoms with van der Waals surface area (Å²) in [6, 6.07) is 2.40. The van der Waals surface area contributed by atoms with Gasteiger partial charge in [-0.25, -0.2) is 8.78 Å². The second-order valence-corrected chi connectivity index (χ2v) is 3.66. The maximum absolute atomic E-state index is 12.4. The van der Waals surface area contributed by atoms with Crippen molar-refractivity contribution in [2.45, 2.75) is 18.9 Å². The van der Waals surface area contributed by atoms with Gasteiger partial charge in [0.15, 0.2) is 11.5 Å². The minimum atomic E-state index is -2.47. The first-order valence-corrected chi connectivity index (χ1v) is 5.37. The highest BCUT2D eigenvalue weighted by Crippen LogP contribution is 2.42. The number of ether oxygens (including phenoxy) is 3. The number of halogens is 2. The largest absolute Gasteiger partial charge is 0.493 e. The summed E-state index contributed by atoms with van der Waals surface area (Å²) in [7, 11) is 4.36. The van der Waals surface area contributed by atoms with E-state index < -0.39 is 18.9 Å². The smallest absolute Gasteiger partial charge is 0.240 e. The van der Waals surface area contributed by atoms with Crippen LogP contribution < -0.4 is 19.9 Å². The molecule has 6 heteroatoms. The van der Waals surface area contributed by atoms with Gasteiger partial charge in [-0.15, -0.1) is 0 Å². The van der Waals surface area contributed by atoms with Crippen LogP contribution in [0.25, 0.3) is 0 Å². The molecule has 0 radical (unpaired) electrons. The van der Waals surface area contributed by atoms with Gasteiger partial charge in [0.05, 0.1) is 21.3 Å². The Hall–Kier alpha value is -1.56. The lowest BCUT2D eigenvalue weighted by molar-refractivity contribution is 0.128. The summed E-state index contributed by atoms with van der Waals surface area (Å²) in [5.41, 5.74) is 6.20. The van der Waals surface area contributed by atoms with Gasteiger partial charge < -0.3 is 19.9 Å². The lowest BCUT2D eigenvalue weighted by Crippen LogP contribution is -2.15. The zero-order valence-electron chi connectivity index (χ0n) is 10.6. The van der Waals surface area contributed by atoms with Gasteiger partial charge >= 0.3 is 0 Å². The maximum atomic E-state index is 12.4. The molecule has 0 heterocycles. The minimum absolute atomic E-state index is 0.324. The molecule has 1 rings (SSSR count). The molecule has 1 aromatic carbocycles. The Morgan fingerprint density at radius 2 is 1.67 bits per heavy atom. The lowest BCUT2D eigenvalue weighted by Gasteiger charge is -2.19. The Morgan fingerprint density at radius 3 is 2.11 bits per heavy atom. The van der Waals surface area contributed by atoms with Gasteiger partial charge in [0.25, 0.3) is 0 Å². The molecule has 1 aromatic rings. The van der Waals surface area contributed by atoms with Crippen LogP contribution in [-0.2, 0) is 0 Å². The molecule has 0 aromatic heterocycles. The number of rotatable bonds is 6. The molecule has 0 spiro atoms. The lowest BCUT2D eigenvalue weighted by atomic mass is 10.0. The van der Waals surface area contributed by atoms with E-state index in [1.54, 1.807) is 12.1 Å². The highest BCUT2D eigenvalue weighted by molar-refractivity contribution is 5.56. The molecule has 18 heavy (non-hydrogen) atoms. The number of benzene rings is 1. The van der Waals surface area contributed by atoms with Crippen LogP contribution in [0.3, 0.4) is 0 Å². The van der Waals surface area contributed by atoms with E-state index >= 15 is 0 Å². The molecule has 102 valence electrons. The van der Waals surface area contributed by atoms with E-state index in [9.17, 15) is 8.78 Å². The van der Waals surface area contributed by atoms with Crippen LogP contribution in [0.15, 0.2) is 12.1 Å². The van der Waals surface area contributed by atoms with Crippen molar-refractivity contribution in [3.63, 3.8) is 0 Å². The molecule has 0 bridgehead atoms. The monoisotopic (exact) mass is 261 g/mol. The van der Waals surface area contributed by atoms with Crippen LogP contribution in [0.5, 0.6) is 17.2 Å². The summed E-state index contributed by atoms with van der Waals surface area (Å²) in [6.07, 6.45) is -2.91. The number of methoxy groups -OCH3 is 3. The summed E-state index contributed by atoms with van der Waals surface area (Å²) in [4.78, 5) is 0. The molecular weight excluding hydrogens is 244 g/mol. The molecule has 0 unspecified atom stereocenters. The number of alkyl halides is 2. The second kappa shape index (κ2) is 6.39. The predicted octanol–water partition coefficient (Wildman–Crippen LogP) is 2.37. The summed E-state index contributed by atoms with van der Waals surface area (Å²) in [5, 5.41) is 0. The first-order chi connectivity index (χ1) is 8.54. The number of hydrogen-bond donors (Lipinski definition) is 1. The van der Waals surface area contributed by atoms with Gasteiger partial charge in [-0.1, -0.05) is 0 Å². The standard InChI is InChI=1S/C12H17F2NO3/c1-16-9-5-4-7(8(15)6-10(13)14)11(17-2)12(9)18-3/h4-5,8,10H,6,15H2,1-3H3/t8-/m0/s1. The summed E-state index contributed by atoms with van der Waals surface area (Å²) >= 11 is 0. The molecule has 0 amide bonds. The van der Waals surface area contributed by atoms with Gasteiger partial charge in [0, 0.05) is 18.0 Å². The highest BCUT2D eigenvalue weighted by Gasteiger charge is 2.22. The molecule has 0 fully saturated rings. The van der Waals surface area contributed by atoms with Gasteiger partial charge in [-0.05, 0) is 12.1 Å². The fourth-order valence-corrected chi connectivity index (χ4v) is 1.74. The Labute approximate surface area is 105 Å². The Bertz CT molecular complexity index is 399. The van der Waals surface area contributed by atoms with Crippen molar-refractivity contribution in [3.8, 4) is 17.2 Å². The Kier molecular flexibility index (Phi) is 5.15. The third kappa shape index (κ3) is 3.01. The molecule has 2 N–H and O–H groups in total. The molecule has 4 nitrogen and oxygen atoms in total. The number of hydrogen-bond acceptors (Lipinski definition) is 4. The normalized spacial score (nSPS) is 12.4. The van der Waals surface area contributed by atoms with Crippen molar-refractivity contribution in [3.05, 3.63) is 17.7 Å². The van der Waals surface area contributed by atoms with Gasteiger partial charge in [0.1, 0.15) is 0 Å². The van der Waals surface area contributed by atoms with E-state index in [0.717, 1.165) is 0 Å². The molecule has 0 aliphatic carbocycles. The minimum Gasteiger partial charge on any atom is -0.493 e. The van der Waals surface area contributed by atoms with Gasteiger partial charge in [-0.2, -0.15) is 0 Å². The van der Waals surface area contributed by atoms with Gasteiger partial charge in [0.2, 0.25) is 12.2 Å². The van der Waals surface area contributed by atoms with Crippen molar-refractivity contribution in [2.75, 3.05) is 21.3 Å². The van der Waals surface area contributed by atoms with E-state index in [0.29, 0.717) is 22.8 Å². The molecule has 0 saturated heterocycles. The van der Waals surface area contributed by atoms with Crippen molar-refractivity contribution in [1.82, 2.24) is 0 Å². The van der Waals surface area contributed by atoms with Crippen LogP contribution in [0.4, 0.5) is 8.78 Å². The zero-order valence-corrected chi connectivity index (χ0v) is 10.6. The van der Waals surface area contributed by atoms with Gasteiger partial charge in [-0.3, -0.25) is 0 Å². The summed E-state index contributed by atoms with van der Waals surface area (Å²) < 4.78 is 40.2. The predicted molar refractivity (Wildman–Crippen MR) is 63.6 cm³/mol. The topological polar surface area (TPSA) is 53.7 Å². The summed E-state index contributed by atoms with van der Waals surface area (Å²) in [6.45, 7) is 0. The average Bonchev–Trinajstić information content (AvgIpc) is 2.35. The highest BCUT2D eigenvalue weighted by atomic mass is 19.3. The second-order valence-electron chi connectivity index (χ2n) is 3.66. The summed E-state index contributed by atoms with van der Waals surface area (Å²) in [5.74, 6) is 1.13. The van der Waals surface area contributed by atoms with E-state index in [4.69, 9.17) is 19.9 Å². The SMILES string of the molecule is COc1ccc([C@@H](N)CC(F)F)c(OC)c1OC. The van der Waals surface area contributed by atoms with E-state index in [1.165, 1.54) is 21.3 Å². The van der Waals surface area contributed by atoms with Crippen molar-refractivity contribution in [1.29, 1.82) is 0 Å². The molecule has 0 aliphatic heterocycles. The van der Waals surface area contributed by atoms with Crippen LogP contribution in [0.2, 0.25) is 0 Å². The van der Waals surface area contributed by atoms with Crippen molar-refractivity contribution < 1.29 is 23.0 Å². The van der Waals surface area contributed by atoms with E-state index in [1.807, 2.05) is 0 Å². The molecule has 0 aliphatic rings. The van der Waals surface area contributed by atoms with Crippen molar-refractivity contribution in [2.24, 2.45) is 5.73 Å². The average molecular weight is 261 g/mol. The van der Waals surface area contributed by atoms with Crippen molar-refractivity contribution >= 4 is 0 Å². The molecule has 0 saturated carbocycles. The molecular formula is C12H17F2NO3. The van der Waals surface area contributed by atoms with Crippen LogP contribution in [-0.4, -0.2) is 27.8 Å². The van der Waals surface area contributed by atoms with Crippen LogP contribution in [0.1, 0.15) is 18.0 Å². The fraction of sp³-hybridized carbons (Fsp3) is 0.500. The maximum Gasteiger partial charge on any atom is 0.240 e. The Balaban J connectivity index is 3.20. The first kappa shape index (κ1) is 14.5. The molecule has 1 atom stereocenters. The van der Waals surface area contributed by atoms with Crippen LogP contribution in [0, 0.1) is 0 Å². The zero-order chi connectivity index (χ0) is 13.7.